The van der Waals surface area contributed by atoms with Gasteiger partial charge in [0.1, 0.15) is 5.82 Å². The van der Waals surface area contributed by atoms with Crippen LogP contribution in [0.25, 0.3) is 0 Å². The molecule has 0 saturated heterocycles. The average molecular weight is 329 g/mol. The Morgan fingerprint density at radius 1 is 1.58 bits per heavy atom. The number of hydrogen-bond donors (Lipinski definition) is 2. The molecule has 3 N–H and O–H groups in total. The van der Waals surface area contributed by atoms with Gasteiger partial charge in [-0.1, -0.05) is 35.7 Å². The van der Waals surface area contributed by atoms with Crippen LogP contribution in [0.5, 0.6) is 0 Å². The van der Waals surface area contributed by atoms with Gasteiger partial charge in [0, 0.05) is 4.47 Å². The van der Waals surface area contributed by atoms with Crippen LogP contribution in [0.1, 0.15) is 32.6 Å². The first-order chi connectivity index (χ1) is 8.90. The van der Waals surface area contributed by atoms with E-state index in [-0.39, 0.29) is 11.6 Å². The van der Waals surface area contributed by atoms with Crippen LogP contribution in [0.15, 0.2) is 22.7 Å². The molecule has 0 aromatic heterocycles. The van der Waals surface area contributed by atoms with Crippen LogP contribution >= 0.6 is 15.9 Å². The Balaban J connectivity index is 2.14. The standard InChI is InChI=1S/C14H18BrFN2O/c1-9-3-2-6-14(17,8-9)13(19)18-12-7-10(15)4-5-11(12)16/h4-5,7,9H,2-3,6,8,17H2,1H3,(H,18,19). The minimum absolute atomic E-state index is 0.169. The van der Waals surface area contributed by atoms with Gasteiger partial charge >= 0.3 is 0 Å². The van der Waals surface area contributed by atoms with Crippen LogP contribution in [-0.2, 0) is 4.79 Å². The van der Waals surface area contributed by atoms with E-state index in [0.717, 1.165) is 12.8 Å². The third-order valence-corrected chi connectivity index (χ3v) is 4.15. The van der Waals surface area contributed by atoms with Crippen LogP contribution in [0.4, 0.5) is 10.1 Å². The molecular weight excluding hydrogens is 311 g/mol. The van der Waals surface area contributed by atoms with Gasteiger partial charge in [0.2, 0.25) is 5.91 Å². The first-order valence-electron chi connectivity index (χ1n) is 6.46. The number of carbonyl (C=O) groups excluding carboxylic acids is 1. The molecule has 5 heteroatoms. The van der Waals surface area contributed by atoms with Gasteiger partial charge in [0.05, 0.1) is 11.2 Å². The number of hydrogen-bond acceptors (Lipinski definition) is 2. The number of benzene rings is 1. The number of nitrogens with one attached hydrogen (secondary N) is 1. The Hall–Kier alpha value is -0.940. The molecule has 1 amide bonds. The zero-order chi connectivity index (χ0) is 14.0. The molecule has 0 radical (unpaired) electrons. The van der Waals surface area contributed by atoms with Crippen LogP contribution in [-0.4, -0.2) is 11.4 Å². The van der Waals surface area contributed by atoms with Gasteiger partial charge in [-0.15, -0.1) is 0 Å². The number of rotatable bonds is 2. The Morgan fingerprint density at radius 3 is 3.00 bits per heavy atom. The molecule has 0 heterocycles. The molecule has 2 unspecified atom stereocenters. The molecule has 2 rings (SSSR count). The van der Waals surface area contributed by atoms with Crippen LogP contribution < -0.4 is 11.1 Å². The lowest BCUT2D eigenvalue weighted by Crippen LogP contribution is -2.53. The summed E-state index contributed by atoms with van der Waals surface area (Å²) in [7, 11) is 0. The summed E-state index contributed by atoms with van der Waals surface area (Å²) in [4.78, 5) is 12.3. The molecule has 1 aromatic rings. The zero-order valence-electron chi connectivity index (χ0n) is 10.9. The molecule has 1 aliphatic rings. The van der Waals surface area contributed by atoms with Gasteiger partial charge in [0.15, 0.2) is 0 Å². The predicted octanol–water partition coefficient (Wildman–Crippen LogP) is 3.43. The van der Waals surface area contributed by atoms with Crippen LogP contribution in [0.3, 0.4) is 0 Å². The molecule has 3 nitrogen and oxygen atoms in total. The molecule has 2 atom stereocenters. The van der Waals surface area contributed by atoms with Crippen molar-refractivity contribution in [2.24, 2.45) is 11.7 Å². The van der Waals surface area contributed by atoms with Crippen molar-refractivity contribution in [3.8, 4) is 0 Å². The molecule has 1 saturated carbocycles. The number of nitrogens with two attached hydrogens (primary N) is 1. The fourth-order valence-corrected chi connectivity index (χ4v) is 3.00. The highest BCUT2D eigenvalue weighted by atomic mass is 79.9. The molecule has 0 spiro atoms. The molecular formula is C14H18BrFN2O. The summed E-state index contributed by atoms with van der Waals surface area (Å²) < 4.78 is 14.3. The normalized spacial score (nSPS) is 27.1. The molecule has 0 bridgehead atoms. The third-order valence-electron chi connectivity index (χ3n) is 3.66. The van der Waals surface area contributed by atoms with Crippen molar-refractivity contribution in [3.63, 3.8) is 0 Å². The molecule has 19 heavy (non-hydrogen) atoms. The summed E-state index contributed by atoms with van der Waals surface area (Å²) >= 11 is 3.26. The van der Waals surface area contributed by atoms with E-state index in [0.29, 0.717) is 23.2 Å². The van der Waals surface area contributed by atoms with Gasteiger partial charge in [-0.3, -0.25) is 4.79 Å². The van der Waals surface area contributed by atoms with E-state index in [1.807, 2.05) is 0 Å². The Kier molecular flexibility index (Phi) is 4.26. The van der Waals surface area contributed by atoms with E-state index in [2.05, 4.69) is 28.2 Å². The van der Waals surface area contributed by atoms with E-state index >= 15 is 0 Å². The average Bonchev–Trinajstić information content (AvgIpc) is 2.33. The Bertz CT molecular complexity index is 494. The van der Waals surface area contributed by atoms with Crippen LogP contribution in [0, 0.1) is 11.7 Å². The SMILES string of the molecule is CC1CCCC(N)(C(=O)Nc2cc(Br)ccc2F)C1. The van der Waals surface area contributed by atoms with E-state index in [1.54, 1.807) is 12.1 Å². The van der Waals surface area contributed by atoms with Crippen molar-refractivity contribution in [1.82, 2.24) is 0 Å². The minimum Gasteiger partial charge on any atom is -0.322 e. The highest BCUT2D eigenvalue weighted by Gasteiger charge is 2.38. The third kappa shape index (κ3) is 3.34. The highest BCUT2D eigenvalue weighted by molar-refractivity contribution is 9.10. The smallest absolute Gasteiger partial charge is 0.244 e. The maximum absolute atomic E-state index is 13.6. The lowest BCUT2D eigenvalue weighted by atomic mass is 9.76. The van der Waals surface area contributed by atoms with Gasteiger partial charge < -0.3 is 11.1 Å². The molecule has 1 aliphatic carbocycles. The number of halogens is 2. The maximum Gasteiger partial charge on any atom is 0.244 e. The van der Waals surface area contributed by atoms with Crippen molar-refractivity contribution in [3.05, 3.63) is 28.5 Å². The van der Waals surface area contributed by atoms with Crippen molar-refractivity contribution < 1.29 is 9.18 Å². The van der Waals surface area contributed by atoms with Crippen molar-refractivity contribution in [2.45, 2.75) is 38.1 Å². The fraction of sp³-hybridized carbons (Fsp3) is 0.500. The molecule has 104 valence electrons. The lowest BCUT2D eigenvalue weighted by molar-refractivity contribution is -0.122. The number of anilines is 1. The number of carbonyl (C=O) groups is 1. The fourth-order valence-electron chi connectivity index (χ4n) is 2.64. The van der Waals surface area contributed by atoms with E-state index in [1.165, 1.54) is 6.07 Å². The topological polar surface area (TPSA) is 55.1 Å². The first kappa shape index (κ1) is 14.5. The summed E-state index contributed by atoms with van der Waals surface area (Å²) in [6, 6.07) is 4.45. The monoisotopic (exact) mass is 328 g/mol. The maximum atomic E-state index is 13.6. The predicted molar refractivity (Wildman–Crippen MR) is 77.3 cm³/mol. The van der Waals surface area contributed by atoms with Crippen molar-refractivity contribution in [1.29, 1.82) is 0 Å². The van der Waals surface area contributed by atoms with Gasteiger partial charge in [-0.25, -0.2) is 4.39 Å². The second kappa shape index (κ2) is 5.59. The first-order valence-corrected chi connectivity index (χ1v) is 7.25. The second-order valence-corrected chi connectivity index (χ2v) is 6.35. The van der Waals surface area contributed by atoms with Gasteiger partial charge in [-0.05, 0) is 37.0 Å². The molecule has 0 aliphatic heterocycles. The van der Waals surface area contributed by atoms with Gasteiger partial charge in [-0.2, -0.15) is 0 Å². The highest BCUT2D eigenvalue weighted by Crippen LogP contribution is 2.31. The van der Waals surface area contributed by atoms with Gasteiger partial charge in [0.25, 0.3) is 0 Å². The minimum atomic E-state index is -0.883. The molecule has 1 aromatic carbocycles. The summed E-state index contributed by atoms with van der Waals surface area (Å²) in [5.74, 6) is -0.322. The summed E-state index contributed by atoms with van der Waals surface area (Å²) in [5.41, 5.74) is 5.47. The van der Waals surface area contributed by atoms with E-state index < -0.39 is 11.4 Å². The molecule has 1 fully saturated rings. The summed E-state index contributed by atoms with van der Waals surface area (Å²) in [5, 5.41) is 2.61. The van der Waals surface area contributed by atoms with Crippen molar-refractivity contribution >= 4 is 27.5 Å². The number of amides is 1. The Morgan fingerprint density at radius 2 is 2.32 bits per heavy atom. The largest absolute Gasteiger partial charge is 0.322 e. The summed E-state index contributed by atoms with van der Waals surface area (Å²) in [6.45, 7) is 2.09. The van der Waals surface area contributed by atoms with Crippen molar-refractivity contribution in [2.75, 3.05) is 5.32 Å². The van der Waals surface area contributed by atoms with E-state index in [9.17, 15) is 9.18 Å². The lowest BCUT2D eigenvalue weighted by Gasteiger charge is -2.35. The Labute approximate surface area is 120 Å². The summed E-state index contributed by atoms with van der Waals surface area (Å²) in [6.07, 6.45) is 3.33. The zero-order valence-corrected chi connectivity index (χ0v) is 12.5. The second-order valence-electron chi connectivity index (χ2n) is 5.44. The van der Waals surface area contributed by atoms with Crippen LogP contribution in [0.2, 0.25) is 0 Å². The quantitative estimate of drug-likeness (QED) is 0.873. The van der Waals surface area contributed by atoms with E-state index in [4.69, 9.17) is 5.73 Å².